The smallest absolute Gasteiger partial charge is 0.335 e. The van der Waals surface area contributed by atoms with Crippen LogP contribution in [0.25, 0.3) is 0 Å². The number of hydrogen-bond donors (Lipinski definition) is 1. The molecule has 3 nitrogen and oxygen atoms in total. The highest BCUT2D eigenvalue weighted by Gasteiger charge is 2.07. The SMILES string of the molecule is C=CCCCOc1cc(C(=O)O)ccc1I. The van der Waals surface area contributed by atoms with Gasteiger partial charge in [-0.2, -0.15) is 0 Å². The van der Waals surface area contributed by atoms with E-state index in [0.29, 0.717) is 12.4 Å². The van der Waals surface area contributed by atoms with Crippen LogP contribution in [-0.4, -0.2) is 17.7 Å². The summed E-state index contributed by atoms with van der Waals surface area (Å²) in [6.45, 7) is 4.20. The van der Waals surface area contributed by atoms with Crippen LogP contribution >= 0.6 is 22.6 Å². The van der Waals surface area contributed by atoms with Crippen molar-refractivity contribution in [2.75, 3.05) is 6.61 Å². The van der Waals surface area contributed by atoms with Crippen LogP contribution in [0.2, 0.25) is 0 Å². The summed E-state index contributed by atoms with van der Waals surface area (Å²) in [5.41, 5.74) is 0.249. The van der Waals surface area contributed by atoms with Crippen LogP contribution in [0.4, 0.5) is 0 Å². The fraction of sp³-hybridized carbons (Fsp3) is 0.250. The first-order chi connectivity index (χ1) is 7.65. The van der Waals surface area contributed by atoms with Crippen molar-refractivity contribution in [2.24, 2.45) is 0 Å². The van der Waals surface area contributed by atoms with E-state index in [0.717, 1.165) is 16.4 Å². The largest absolute Gasteiger partial charge is 0.492 e. The minimum atomic E-state index is -0.938. The molecular weight excluding hydrogens is 319 g/mol. The lowest BCUT2D eigenvalue weighted by molar-refractivity contribution is 0.0696. The topological polar surface area (TPSA) is 46.5 Å². The third-order valence-corrected chi connectivity index (χ3v) is 2.88. The van der Waals surface area contributed by atoms with Crippen LogP contribution in [0.5, 0.6) is 5.75 Å². The highest BCUT2D eigenvalue weighted by atomic mass is 127. The highest BCUT2D eigenvalue weighted by Crippen LogP contribution is 2.22. The molecule has 1 aromatic rings. The number of carbonyl (C=O) groups is 1. The molecule has 0 aromatic heterocycles. The number of unbranched alkanes of at least 4 members (excludes halogenated alkanes) is 1. The average molecular weight is 332 g/mol. The Hall–Kier alpha value is -1.04. The first-order valence-electron chi connectivity index (χ1n) is 4.91. The maximum Gasteiger partial charge on any atom is 0.335 e. The molecule has 0 spiro atoms. The molecule has 0 aliphatic heterocycles. The van der Waals surface area contributed by atoms with Gasteiger partial charge in [-0.15, -0.1) is 6.58 Å². The van der Waals surface area contributed by atoms with E-state index < -0.39 is 5.97 Å². The Morgan fingerprint density at radius 3 is 2.94 bits per heavy atom. The second kappa shape index (κ2) is 6.52. The van der Waals surface area contributed by atoms with Crippen molar-refractivity contribution < 1.29 is 14.6 Å². The quantitative estimate of drug-likeness (QED) is 0.494. The van der Waals surface area contributed by atoms with Crippen molar-refractivity contribution >= 4 is 28.6 Å². The third kappa shape index (κ3) is 3.84. The number of hydrogen-bond acceptors (Lipinski definition) is 2. The summed E-state index contributed by atoms with van der Waals surface area (Å²) in [6, 6.07) is 4.87. The number of benzene rings is 1. The molecule has 0 atom stereocenters. The van der Waals surface area contributed by atoms with Crippen LogP contribution in [0.1, 0.15) is 23.2 Å². The van der Waals surface area contributed by atoms with Crippen LogP contribution in [0.3, 0.4) is 0 Å². The first-order valence-corrected chi connectivity index (χ1v) is 5.99. The number of carboxylic acid groups (broad SMARTS) is 1. The summed E-state index contributed by atoms with van der Waals surface area (Å²) in [5, 5.41) is 8.84. The third-order valence-electron chi connectivity index (χ3n) is 1.99. The molecule has 0 radical (unpaired) electrons. The minimum Gasteiger partial charge on any atom is -0.492 e. The predicted molar refractivity (Wildman–Crippen MR) is 71.0 cm³/mol. The van der Waals surface area contributed by atoms with E-state index in [1.807, 2.05) is 6.08 Å². The van der Waals surface area contributed by atoms with Gasteiger partial charge in [0.25, 0.3) is 0 Å². The van der Waals surface area contributed by atoms with Gasteiger partial charge >= 0.3 is 5.97 Å². The molecule has 0 unspecified atom stereocenters. The zero-order valence-corrected chi connectivity index (χ0v) is 10.9. The summed E-state index contributed by atoms with van der Waals surface area (Å²) in [4.78, 5) is 10.8. The molecule has 0 heterocycles. The van der Waals surface area contributed by atoms with Crippen molar-refractivity contribution in [3.63, 3.8) is 0 Å². The summed E-state index contributed by atoms with van der Waals surface area (Å²) in [7, 11) is 0. The summed E-state index contributed by atoms with van der Waals surface area (Å²) in [6.07, 6.45) is 3.62. The van der Waals surface area contributed by atoms with Crippen molar-refractivity contribution in [1.29, 1.82) is 0 Å². The molecule has 1 aromatic carbocycles. The maximum absolute atomic E-state index is 10.8. The Morgan fingerprint density at radius 2 is 2.31 bits per heavy atom. The molecular formula is C12H13IO3. The Bertz CT molecular complexity index is 388. The van der Waals surface area contributed by atoms with E-state index in [4.69, 9.17) is 9.84 Å². The molecule has 16 heavy (non-hydrogen) atoms. The van der Waals surface area contributed by atoms with Crippen molar-refractivity contribution in [1.82, 2.24) is 0 Å². The second-order valence-corrected chi connectivity index (χ2v) is 4.39. The summed E-state index contributed by atoms with van der Waals surface area (Å²) in [5.74, 6) is -0.308. The number of rotatable bonds is 6. The van der Waals surface area contributed by atoms with Gasteiger partial charge in [0.05, 0.1) is 15.7 Å². The van der Waals surface area contributed by atoms with Gasteiger partial charge in [0.15, 0.2) is 0 Å². The molecule has 4 heteroatoms. The second-order valence-electron chi connectivity index (χ2n) is 3.23. The molecule has 0 saturated carbocycles. The van der Waals surface area contributed by atoms with Gasteiger partial charge in [-0.1, -0.05) is 6.08 Å². The van der Waals surface area contributed by atoms with Crippen LogP contribution in [0.15, 0.2) is 30.9 Å². The summed E-state index contributed by atoms with van der Waals surface area (Å²) >= 11 is 2.12. The van der Waals surface area contributed by atoms with Gasteiger partial charge in [0.1, 0.15) is 5.75 Å². The Balaban J connectivity index is 2.66. The van der Waals surface area contributed by atoms with E-state index >= 15 is 0 Å². The standard InChI is InChI=1S/C12H13IO3/c1-2-3-4-7-16-11-8-9(12(14)15)5-6-10(11)13/h2,5-6,8H,1,3-4,7H2,(H,14,15). The van der Waals surface area contributed by atoms with Crippen molar-refractivity contribution in [3.8, 4) is 5.75 Å². The normalized spacial score (nSPS) is 9.81. The van der Waals surface area contributed by atoms with Gasteiger partial charge in [0, 0.05) is 0 Å². The van der Waals surface area contributed by atoms with E-state index in [2.05, 4.69) is 29.2 Å². The minimum absolute atomic E-state index is 0.249. The van der Waals surface area contributed by atoms with Crippen LogP contribution < -0.4 is 4.74 Å². The van der Waals surface area contributed by atoms with Crippen molar-refractivity contribution in [2.45, 2.75) is 12.8 Å². The number of halogens is 1. The molecule has 0 aliphatic carbocycles. The lowest BCUT2D eigenvalue weighted by Crippen LogP contribution is -2.01. The van der Waals surface area contributed by atoms with E-state index in [9.17, 15) is 4.79 Å². The number of aromatic carboxylic acids is 1. The lowest BCUT2D eigenvalue weighted by atomic mass is 10.2. The van der Waals surface area contributed by atoms with Gasteiger partial charge < -0.3 is 9.84 Å². The Morgan fingerprint density at radius 1 is 1.56 bits per heavy atom. The van der Waals surface area contributed by atoms with Gasteiger partial charge in [0.2, 0.25) is 0 Å². The zero-order chi connectivity index (χ0) is 12.0. The van der Waals surface area contributed by atoms with Gasteiger partial charge in [-0.25, -0.2) is 4.79 Å². The van der Waals surface area contributed by atoms with Crippen LogP contribution in [-0.2, 0) is 0 Å². The van der Waals surface area contributed by atoms with Gasteiger partial charge in [-0.05, 0) is 53.6 Å². The molecule has 0 saturated heterocycles. The predicted octanol–water partition coefficient (Wildman–Crippen LogP) is 3.33. The van der Waals surface area contributed by atoms with Gasteiger partial charge in [-0.3, -0.25) is 0 Å². The number of carboxylic acids is 1. The monoisotopic (exact) mass is 332 g/mol. The first kappa shape index (κ1) is 13.0. The summed E-state index contributed by atoms with van der Waals surface area (Å²) < 4.78 is 6.43. The Labute approximate surface area is 108 Å². The number of allylic oxidation sites excluding steroid dienone is 1. The molecule has 0 bridgehead atoms. The van der Waals surface area contributed by atoms with Crippen LogP contribution in [0, 0.1) is 3.57 Å². The molecule has 1 rings (SSSR count). The lowest BCUT2D eigenvalue weighted by Gasteiger charge is -2.08. The molecule has 86 valence electrons. The highest BCUT2D eigenvalue weighted by molar-refractivity contribution is 14.1. The molecule has 0 fully saturated rings. The molecule has 1 N–H and O–H groups in total. The van der Waals surface area contributed by atoms with E-state index in [-0.39, 0.29) is 5.56 Å². The maximum atomic E-state index is 10.8. The number of ether oxygens (including phenoxy) is 1. The zero-order valence-electron chi connectivity index (χ0n) is 8.78. The fourth-order valence-corrected chi connectivity index (χ4v) is 1.65. The Kier molecular flexibility index (Phi) is 5.31. The molecule has 0 aliphatic rings. The van der Waals surface area contributed by atoms with E-state index in [1.165, 1.54) is 0 Å². The molecule has 0 amide bonds. The van der Waals surface area contributed by atoms with E-state index in [1.54, 1.807) is 18.2 Å². The fourth-order valence-electron chi connectivity index (χ4n) is 1.16. The average Bonchev–Trinajstić information content (AvgIpc) is 2.26. The van der Waals surface area contributed by atoms with Crippen molar-refractivity contribution in [3.05, 3.63) is 40.0 Å².